The van der Waals surface area contributed by atoms with Gasteiger partial charge in [-0.3, -0.25) is 10.1 Å². The molecule has 0 unspecified atom stereocenters. The Kier molecular flexibility index (Phi) is 4.49. The van der Waals surface area contributed by atoms with Crippen LogP contribution >= 0.6 is 0 Å². The van der Waals surface area contributed by atoms with Gasteiger partial charge >= 0.3 is 0 Å². The van der Waals surface area contributed by atoms with Crippen molar-refractivity contribution in [2.45, 2.75) is 25.8 Å². The highest BCUT2D eigenvalue weighted by Gasteiger charge is 2.28. The fraction of sp³-hybridized carbons (Fsp3) is 0.538. The third-order valence-corrected chi connectivity index (χ3v) is 3.43. The number of rotatable bonds is 6. The minimum absolute atomic E-state index is 0.175. The first kappa shape index (κ1) is 14.6. The van der Waals surface area contributed by atoms with E-state index in [0.29, 0.717) is 12.2 Å². The van der Waals surface area contributed by atoms with Gasteiger partial charge in [-0.15, -0.1) is 0 Å². The highest BCUT2D eigenvalue weighted by molar-refractivity contribution is 5.59. The highest BCUT2D eigenvalue weighted by atomic mass is 19.3. The summed E-state index contributed by atoms with van der Waals surface area (Å²) in [6, 6.07) is 3.88. The summed E-state index contributed by atoms with van der Waals surface area (Å²) in [4.78, 5) is 12.0. The van der Waals surface area contributed by atoms with Crippen molar-refractivity contribution in [2.24, 2.45) is 0 Å². The lowest BCUT2D eigenvalue weighted by atomic mass is 10.1. The Hall–Kier alpha value is -1.76. The van der Waals surface area contributed by atoms with Crippen LogP contribution in [0.4, 0.5) is 20.2 Å². The average molecular weight is 285 g/mol. The van der Waals surface area contributed by atoms with Crippen molar-refractivity contribution in [1.82, 2.24) is 5.32 Å². The summed E-state index contributed by atoms with van der Waals surface area (Å²) in [7, 11) is 0. The summed E-state index contributed by atoms with van der Waals surface area (Å²) < 4.78 is 26.4. The molecule has 1 heterocycles. The number of nitro groups is 1. The first-order valence-corrected chi connectivity index (χ1v) is 6.58. The number of hydrogen-bond donors (Lipinski definition) is 1. The summed E-state index contributed by atoms with van der Waals surface area (Å²) >= 11 is 0. The summed E-state index contributed by atoms with van der Waals surface area (Å²) in [6.07, 6.45) is -1.90. The molecule has 7 heteroatoms. The number of halogens is 2. The fourth-order valence-electron chi connectivity index (χ4n) is 2.33. The zero-order valence-corrected chi connectivity index (χ0v) is 11.2. The van der Waals surface area contributed by atoms with Crippen LogP contribution in [-0.2, 0) is 0 Å². The molecule has 0 amide bonds. The number of non-ortho nitro benzene ring substituents is 1. The molecule has 5 nitrogen and oxygen atoms in total. The minimum Gasteiger partial charge on any atom is -0.366 e. The lowest BCUT2D eigenvalue weighted by Gasteiger charge is -2.40. The molecule has 1 aliphatic heterocycles. The molecular weight excluding hydrogens is 268 g/mol. The van der Waals surface area contributed by atoms with Gasteiger partial charge in [0.1, 0.15) is 0 Å². The van der Waals surface area contributed by atoms with E-state index in [1.54, 1.807) is 0 Å². The smallest absolute Gasteiger partial charge is 0.270 e. The van der Waals surface area contributed by atoms with Gasteiger partial charge in [0.05, 0.1) is 11.0 Å². The van der Waals surface area contributed by atoms with Gasteiger partial charge < -0.3 is 10.2 Å². The largest absolute Gasteiger partial charge is 0.366 e. The van der Waals surface area contributed by atoms with E-state index in [0.717, 1.165) is 25.6 Å². The van der Waals surface area contributed by atoms with Crippen LogP contribution in [0.1, 0.15) is 25.3 Å². The standard InChI is InChI=1S/C13H17F2N3O2/c1-2-5-17(10-7-16-8-10)12-4-3-9(18(19)20)6-11(12)13(14)15/h3-4,6,10,13,16H,2,5,7-8H2,1H3. The molecule has 0 spiro atoms. The molecule has 1 aliphatic rings. The molecular formula is C13H17F2N3O2. The van der Waals surface area contributed by atoms with Crippen molar-refractivity contribution in [3.63, 3.8) is 0 Å². The number of nitro benzene ring substituents is 1. The quantitative estimate of drug-likeness (QED) is 0.645. The number of hydrogen-bond acceptors (Lipinski definition) is 4. The molecule has 0 atom stereocenters. The lowest BCUT2D eigenvalue weighted by molar-refractivity contribution is -0.385. The molecule has 20 heavy (non-hydrogen) atoms. The van der Waals surface area contributed by atoms with Gasteiger partial charge in [0.2, 0.25) is 0 Å². The topological polar surface area (TPSA) is 58.4 Å². The maximum Gasteiger partial charge on any atom is 0.270 e. The zero-order valence-electron chi connectivity index (χ0n) is 11.2. The van der Waals surface area contributed by atoms with Gasteiger partial charge in [0.15, 0.2) is 0 Å². The monoisotopic (exact) mass is 285 g/mol. The second kappa shape index (κ2) is 6.13. The lowest BCUT2D eigenvalue weighted by Crippen LogP contribution is -2.57. The molecule has 1 aromatic carbocycles. The number of benzene rings is 1. The number of nitrogens with one attached hydrogen (secondary N) is 1. The third kappa shape index (κ3) is 2.87. The molecule has 0 bridgehead atoms. The summed E-state index contributed by atoms with van der Waals surface area (Å²) in [5.41, 5.74) is -0.161. The number of alkyl halides is 2. The van der Waals surface area contributed by atoms with Gasteiger partial charge in [0.25, 0.3) is 12.1 Å². The molecule has 1 N–H and O–H groups in total. The van der Waals surface area contributed by atoms with E-state index in [1.807, 2.05) is 11.8 Å². The van der Waals surface area contributed by atoms with Gasteiger partial charge in [-0.2, -0.15) is 0 Å². The van der Waals surface area contributed by atoms with Crippen LogP contribution in [0.3, 0.4) is 0 Å². The average Bonchev–Trinajstić information content (AvgIpc) is 2.35. The SMILES string of the molecule is CCCN(c1ccc([N+](=O)[O-])cc1C(F)F)C1CNC1. The Labute approximate surface area is 115 Å². The van der Waals surface area contributed by atoms with Crippen LogP contribution in [0, 0.1) is 10.1 Å². The second-order valence-electron chi connectivity index (χ2n) is 4.81. The highest BCUT2D eigenvalue weighted by Crippen LogP contribution is 2.34. The van der Waals surface area contributed by atoms with Crippen LogP contribution < -0.4 is 10.2 Å². The number of nitrogens with zero attached hydrogens (tertiary/aromatic N) is 2. The molecule has 2 rings (SSSR count). The van der Waals surface area contributed by atoms with Crippen molar-refractivity contribution in [1.29, 1.82) is 0 Å². The Balaban J connectivity index is 2.39. The molecule has 1 fully saturated rings. The molecule has 0 saturated carbocycles. The van der Waals surface area contributed by atoms with Gasteiger partial charge in [0, 0.05) is 43.0 Å². The zero-order chi connectivity index (χ0) is 14.7. The predicted octanol–water partition coefficient (Wildman–Crippen LogP) is 2.72. The van der Waals surface area contributed by atoms with Crippen molar-refractivity contribution in [2.75, 3.05) is 24.5 Å². The molecule has 1 saturated heterocycles. The Morgan fingerprint density at radius 3 is 2.65 bits per heavy atom. The van der Waals surface area contributed by atoms with Crippen LogP contribution in [0.2, 0.25) is 0 Å². The molecule has 0 radical (unpaired) electrons. The van der Waals surface area contributed by atoms with E-state index in [1.165, 1.54) is 12.1 Å². The third-order valence-electron chi connectivity index (χ3n) is 3.43. The molecule has 0 aromatic heterocycles. The fourth-order valence-corrected chi connectivity index (χ4v) is 2.33. The second-order valence-corrected chi connectivity index (χ2v) is 4.81. The summed E-state index contributed by atoms with van der Waals surface area (Å²) in [5.74, 6) is 0. The summed E-state index contributed by atoms with van der Waals surface area (Å²) in [6.45, 7) is 4.13. The first-order valence-electron chi connectivity index (χ1n) is 6.58. The van der Waals surface area contributed by atoms with Crippen molar-refractivity contribution >= 4 is 11.4 Å². The van der Waals surface area contributed by atoms with E-state index >= 15 is 0 Å². The van der Waals surface area contributed by atoms with Crippen LogP contribution in [0.15, 0.2) is 18.2 Å². The maximum absolute atomic E-state index is 13.2. The summed E-state index contributed by atoms with van der Waals surface area (Å²) in [5, 5.41) is 13.8. The van der Waals surface area contributed by atoms with E-state index < -0.39 is 11.3 Å². The minimum atomic E-state index is -2.72. The van der Waals surface area contributed by atoms with Crippen LogP contribution in [-0.4, -0.2) is 30.6 Å². The van der Waals surface area contributed by atoms with Crippen LogP contribution in [0.5, 0.6) is 0 Å². The van der Waals surface area contributed by atoms with Gasteiger partial charge in [-0.05, 0) is 12.5 Å². The molecule has 0 aliphatic carbocycles. The normalized spacial score (nSPS) is 15.2. The Morgan fingerprint density at radius 1 is 1.50 bits per heavy atom. The van der Waals surface area contributed by atoms with Gasteiger partial charge in [-0.25, -0.2) is 8.78 Å². The van der Waals surface area contributed by atoms with Crippen molar-refractivity contribution in [3.05, 3.63) is 33.9 Å². The van der Waals surface area contributed by atoms with E-state index in [-0.39, 0.29) is 17.3 Å². The van der Waals surface area contributed by atoms with E-state index in [2.05, 4.69) is 5.32 Å². The first-order chi connectivity index (χ1) is 9.54. The maximum atomic E-state index is 13.2. The van der Waals surface area contributed by atoms with E-state index in [4.69, 9.17) is 0 Å². The Morgan fingerprint density at radius 2 is 2.20 bits per heavy atom. The van der Waals surface area contributed by atoms with Crippen molar-refractivity contribution in [3.8, 4) is 0 Å². The molecule has 110 valence electrons. The van der Waals surface area contributed by atoms with Gasteiger partial charge in [-0.1, -0.05) is 6.92 Å². The van der Waals surface area contributed by atoms with Crippen LogP contribution in [0.25, 0.3) is 0 Å². The predicted molar refractivity (Wildman–Crippen MR) is 72.3 cm³/mol. The number of anilines is 1. The Bertz CT molecular complexity index is 493. The van der Waals surface area contributed by atoms with E-state index in [9.17, 15) is 18.9 Å². The molecule has 1 aromatic rings. The van der Waals surface area contributed by atoms with Crippen molar-refractivity contribution < 1.29 is 13.7 Å².